The Morgan fingerprint density at radius 1 is 1.12 bits per heavy atom. The summed E-state index contributed by atoms with van der Waals surface area (Å²) in [5, 5.41) is 13.6. The van der Waals surface area contributed by atoms with Gasteiger partial charge in [-0.25, -0.2) is 4.79 Å². The Balaban J connectivity index is 2.15. The smallest absolute Gasteiger partial charge is 0.407 e. The number of amidine groups is 1. The largest absolute Gasteiger partial charge is 0.450 e. The summed E-state index contributed by atoms with van der Waals surface area (Å²) in [6.07, 6.45) is 7.80. The Hall–Kier alpha value is -2.32. The van der Waals surface area contributed by atoms with Gasteiger partial charge in [0.05, 0.1) is 12.4 Å². The van der Waals surface area contributed by atoms with Crippen LogP contribution in [0.1, 0.15) is 78.6 Å². The molecule has 1 aliphatic heterocycles. The second-order valence-corrected chi connectivity index (χ2v) is 9.48. The van der Waals surface area contributed by atoms with Gasteiger partial charge >= 0.3 is 6.09 Å². The van der Waals surface area contributed by atoms with E-state index in [2.05, 4.69) is 24.5 Å². The molecular weight excluding hydrogens is 422 g/mol. The molecule has 0 unspecified atom stereocenters. The highest BCUT2D eigenvalue weighted by atomic mass is 16.5. The van der Waals surface area contributed by atoms with Crippen molar-refractivity contribution in [2.24, 2.45) is 23.5 Å². The zero-order valence-corrected chi connectivity index (χ0v) is 20.5. The van der Waals surface area contributed by atoms with Crippen molar-refractivity contribution in [2.75, 3.05) is 19.7 Å². The quantitative estimate of drug-likeness (QED) is 0.275. The first-order valence-corrected chi connectivity index (χ1v) is 12.7. The van der Waals surface area contributed by atoms with Crippen molar-refractivity contribution in [1.82, 2.24) is 15.5 Å². The molecule has 1 heterocycles. The van der Waals surface area contributed by atoms with Crippen LogP contribution >= 0.6 is 0 Å². The third-order valence-corrected chi connectivity index (χ3v) is 7.21. The summed E-state index contributed by atoms with van der Waals surface area (Å²) in [4.78, 5) is 40.4. The molecule has 0 bridgehead atoms. The van der Waals surface area contributed by atoms with Gasteiger partial charge in [0, 0.05) is 19.0 Å². The van der Waals surface area contributed by atoms with Crippen LogP contribution in [-0.4, -0.2) is 60.4 Å². The molecule has 33 heavy (non-hydrogen) atoms. The Morgan fingerprint density at radius 2 is 1.79 bits per heavy atom. The van der Waals surface area contributed by atoms with E-state index in [1.807, 2.05) is 0 Å². The van der Waals surface area contributed by atoms with Crippen LogP contribution in [0.25, 0.3) is 0 Å². The fraction of sp³-hybridized carbons (Fsp3) is 0.833. The maximum atomic E-state index is 13.6. The van der Waals surface area contributed by atoms with Gasteiger partial charge in [-0.15, -0.1) is 0 Å². The Morgan fingerprint density at radius 3 is 2.36 bits per heavy atom. The molecule has 2 aliphatic rings. The normalized spacial score (nSPS) is 22.1. The standard InChI is InChI=1S/C24H43N5O4/c1-4-16(5-2)12-19(28-24(32)33-6-3)23(31)29-15-18(21(25)26)13-20(29)22(30)27-14-17-10-8-7-9-11-17/h16-20H,4-15H2,1-3H3,(H3,25,26)(H,27,30)(H,28,32)/t18-,19-,20+/m1/s1. The van der Waals surface area contributed by atoms with Gasteiger partial charge < -0.3 is 26.0 Å². The van der Waals surface area contributed by atoms with Crippen molar-refractivity contribution < 1.29 is 19.1 Å². The van der Waals surface area contributed by atoms with Crippen molar-refractivity contribution in [3.05, 3.63) is 0 Å². The Kier molecular flexibility index (Phi) is 10.9. The molecule has 9 nitrogen and oxygen atoms in total. The highest BCUT2D eigenvalue weighted by Gasteiger charge is 2.43. The van der Waals surface area contributed by atoms with Crippen molar-refractivity contribution in [1.29, 1.82) is 5.41 Å². The monoisotopic (exact) mass is 465 g/mol. The average molecular weight is 466 g/mol. The number of amides is 3. The molecule has 1 saturated carbocycles. The van der Waals surface area contributed by atoms with Crippen LogP contribution < -0.4 is 16.4 Å². The van der Waals surface area contributed by atoms with Crippen molar-refractivity contribution in [3.8, 4) is 0 Å². The first kappa shape index (κ1) is 26.9. The lowest BCUT2D eigenvalue weighted by Crippen LogP contribution is -2.54. The van der Waals surface area contributed by atoms with E-state index in [4.69, 9.17) is 15.9 Å². The minimum atomic E-state index is -0.784. The predicted molar refractivity (Wildman–Crippen MR) is 128 cm³/mol. The molecule has 2 fully saturated rings. The van der Waals surface area contributed by atoms with E-state index in [-0.39, 0.29) is 42.6 Å². The molecule has 0 aromatic carbocycles. The molecule has 1 saturated heterocycles. The lowest BCUT2D eigenvalue weighted by Gasteiger charge is -2.30. The van der Waals surface area contributed by atoms with E-state index < -0.39 is 18.2 Å². The number of nitrogens with one attached hydrogen (secondary N) is 3. The van der Waals surface area contributed by atoms with E-state index in [1.165, 1.54) is 24.2 Å². The third-order valence-electron chi connectivity index (χ3n) is 7.21. The lowest BCUT2D eigenvalue weighted by molar-refractivity contribution is -0.140. The maximum absolute atomic E-state index is 13.6. The molecule has 0 radical (unpaired) electrons. The van der Waals surface area contributed by atoms with Gasteiger partial charge in [0.2, 0.25) is 11.8 Å². The molecule has 188 valence electrons. The van der Waals surface area contributed by atoms with Gasteiger partial charge in [-0.3, -0.25) is 15.0 Å². The average Bonchev–Trinajstić information content (AvgIpc) is 3.26. The molecule has 2 rings (SSSR count). The summed E-state index contributed by atoms with van der Waals surface area (Å²) in [5.74, 6) is -0.164. The maximum Gasteiger partial charge on any atom is 0.407 e. The molecule has 3 atom stereocenters. The molecule has 1 aliphatic carbocycles. The molecular formula is C24H43N5O4. The minimum absolute atomic E-state index is 0.0229. The van der Waals surface area contributed by atoms with E-state index in [0.29, 0.717) is 25.3 Å². The van der Waals surface area contributed by atoms with Gasteiger partial charge in [-0.2, -0.15) is 0 Å². The van der Waals surface area contributed by atoms with Crippen LogP contribution in [0.4, 0.5) is 4.79 Å². The van der Waals surface area contributed by atoms with E-state index in [0.717, 1.165) is 25.7 Å². The van der Waals surface area contributed by atoms with Crippen LogP contribution in [0.15, 0.2) is 0 Å². The summed E-state index contributed by atoms with van der Waals surface area (Å²) >= 11 is 0. The molecule has 0 spiro atoms. The predicted octanol–water partition coefficient (Wildman–Crippen LogP) is 2.78. The number of alkyl carbamates (subject to hydrolysis) is 1. The Labute approximate surface area is 198 Å². The van der Waals surface area contributed by atoms with Crippen LogP contribution in [0.2, 0.25) is 0 Å². The van der Waals surface area contributed by atoms with Crippen molar-refractivity contribution in [3.63, 3.8) is 0 Å². The number of nitrogens with zero attached hydrogens (tertiary/aromatic N) is 1. The summed E-state index contributed by atoms with van der Waals surface area (Å²) < 4.78 is 5.02. The number of likely N-dealkylation sites (tertiary alicyclic amines) is 1. The van der Waals surface area contributed by atoms with E-state index >= 15 is 0 Å². The number of hydrogen-bond acceptors (Lipinski definition) is 5. The van der Waals surface area contributed by atoms with Crippen LogP contribution in [0.5, 0.6) is 0 Å². The molecule has 9 heteroatoms. The second-order valence-electron chi connectivity index (χ2n) is 9.48. The first-order chi connectivity index (χ1) is 15.8. The molecule has 3 amide bonds. The highest BCUT2D eigenvalue weighted by molar-refractivity contribution is 5.93. The zero-order valence-electron chi connectivity index (χ0n) is 20.5. The second kappa shape index (κ2) is 13.4. The van der Waals surface area contributed by atoms with Crippen LogP contribution in [0, 0.1) is 23.2 Å². The van der Waals surface area contributed by atoms with Gasteiger partial charge in [-0.1, -0.05) is 46.0 Å². The van der Waals surface area contributed by atoms with Gasteiger partial charge in [0.1, 0.15) is 12.1 Å². The molecule has 5 N–H and O–H groups in total. The highest BCUT2D eigenvalue weighted by Crippen LogP contribution is 2.27. The topological polar surface area (TPSA) is 138 Å². The Bertz CT molecular complexity index is 676. The number of carbonyl (C=O) groups excluding carboxylic acids is 3. The van der Waals surface area contributed by atoms with Gasteiger partial charge in [0.15, 0.2) is 0 Å². The van der Waals surface area contributed by atoms with Gasteiger partial charge in [-0.05, 0) is 44.4 Å². The van der Waals surface area contributed by atoms with Crippen LogP contribution in [-0.2, 0) is 14.3 Å². The van der Waals surface area contributed by atoms with Crippen molar-refractivity contribution in [2.45, 2.75) is 90.6 Å². The number of hydrogen-bond donors (Lipinski definition) is 4. The minimum Gasteiger partial charge on any atom is -0.450 e. The number of nitrogens with two attached hydrogens (primary N) is 1. The summed E-state index contributed by atoms with van der Waals surface area (Å²) in [6, 6.07) is -1.48. The summed E-state index contributed by atoms with van der Waals surface area (Å²) in [7, 11) is 0. The third kappa shape index (κ3) is 7.89. The molecule has 0 aromatic rings. The number of rotatable bonds is 11. The van der Waals surface area contributed by atoms with Crippen molar-refractivity contribution >= 4 is 23.7 Å². The fourth-order valence-electron chi connectivity index (χ4n) is 5.00. The zero-order chi connectivity index (χ0) is 24.4. The lowest BCUT2D eigenvalue weighted by atomic mass is 9.89. The number of ether oxygens (including phenoxy) is 1. The fourth-order valence-corrected chi connectivity index (χ4v) is 5.00. The first-order valence-electron chi connectivity index (χ1n) is 12.7. The van der Waals surface area contributed by atoms with E-state index in [1.54, 1.807) is 6.92 Å². The number of carbonyl (C=O) groups is 3. The molecule has 0 aromatic heterocycles. The summed E-state index contributed by atoms with van der Waals surface area (Å²) in [6.45, 7) is 6.86. The SMILES string of the molecule is CCOC(=O)N[C@H](CC(CC)CC)C(=O)N1C[C@H](C(=N)N)C[C@H]1C(=O)NCC1CCCCC1. The van der Waals surface area contributed by atoms with Gasteiger partial charge in [0.25, 0.3) is 0 Å². The van der Waals surface area contributed by atoms with E-state index in [9.17, 15) is 14.4 Å². The van der Waals surface area contributed by atoms with Crippen LogP contribution in [0.3, 0.4) is 0 Å². The summed E-state index contributed by atoms with van der Waals surface area (Å²) in [5.41, 5.74) is 5.76.